The fourth-order valence-corrected chi connectivity index (χ4v) is 2.54. The van der Waals surface area contributed by atoms with Gasteiger partial charge in [-0.2, -0.15) is 5.26 Å². The third-order valence-corrected chi connectivity index (χ3v) is 3.93. The van der Waals surface area contributed by atoms with Crippen LogP contribution in [-0.4, -0.2) is 18.0 Å². The average molecular weight is 358 g/mol. The molecule has 0 saturated heterocycles. The number of ether oxygens (including phenoxy) is 1. The second kappa shape index (κ2) is 8.50. The van der Waals surface area contributed by atoms with Gasteiger partial charge in [0.1, 0.15) is 11.4 Å². The number of rotatable bonds is 6. The molecule has 0 atom stereocenters. The van der Waals surface area contributed by atoms with E-state index in [1.807, 2.05) is 24.3 Å². The zero-order valence-corrected chi connectivity index (χ0v) is 14.8. The highest BCUT2D eigenvalue weighted by atomic mass is 16.5. The zero-order valence-electron chi connectivity index (χ0n) is 14.8. The molecule has 0 aliphatic carbocycles. The first-order chi connectivity index (χ1) is 13.2. The molecule has 6 heteroatoms. The van der Waals surface area contributed by atoms with Crippen LogP contribution in [0.5, 0.6) is 5.75 Å². The molecular weight excluding hydrogens is 340 g/mol. The van der Waals surface area contributed by atoms with Crippen molar-refractivity contribution in [1.29, 1.82) is 5.26 Å². The Kier molecular flexibility index (Phi) is 5.65. The van der Waals surface area contributed by atoms with Crippen molar-refractivity contribution in [3.05, 3.63) is 83.7 Å². The maximum absolute atomic E-state index is 12.4. The molecule has 3 aromatic rings. The molecular formula is C21H18N4O2. The standard InChI is InChI=1S/C21H18N4O2/c1-27-20-5-3-2-4-16(20)14-24-21(26)19-12-18(10-11-23-19)25-17-8-6-15(13-22)7-9-17/h2-12H,14H2,1H3,(H,23,25)(H,24,26). The van der Waals surface area contributed by atoms with Crippen LogP contribution in [0, 0.1) is 11.3 Å². The number of hydrogen-bond donors (Lipinski definition) is 2. The van der Waals surface area contributed by atoms with Gasteiger partial charge >= 0.3 is 0 Å². The van der Waals surface area contributed by atoms with Crippen LogP contribution >= 0.6 is 0 Å². The lowest BCUT2D eigenvalue weighted by Crippen LogP contribution is -2.24. The Hall–Kier alpha value is -3.85. The second-order valence-electron chi connectivity index (χ2n) is 5.74. The predicted molar refractivity (Wildman–Crippen MR) is 103 cm³/mol. The average Bonchev–Trinajstić information content (AvgIpc) is 2.73. The van der Waals surface area contributed by atoms with Crippen LogP contribution in [-0.2, 0) is 6.54 Å². The molecule has 1 heterocycles. The number of pyridine rings is 1. The maximum atomic E-state index is 12.4. The highest BCUT2D eigenvalue weighted by Crippen LogP contribution is 2.18. The van der Waals surface area contributed by atoms with E-state index in [0.29, 0.717) is 17.8 Å². The third-order valence-electron chi connectivity index (χ3n) is 3.93. The van der Waals surface area contributed by atoms with Gasteiger partial charge in [-0.3, -0.25) is 9.78 Å². The van der Waals surface area contributed by atoms with Gasteiger partial charge in [0, 0.05) is 29.7 Å². The number of hydrogen-bond acceptors (Lipinski definition) is 5. The van der Waals surface area contributed by atoms with E-state index in [2.05, 4.69) is 21.7 Å². The summed E-state index contributed by atoms with van der Waals surface area (Å²) in [6, 6.07) is 20.1. The van der Waals surface area contributed by atoms with Gasteiger partial charge in [0.15, 0.2) is 0 Å². The Balaban J connectivity index is 1.67. The number of aromatic nitrogens is 1. The molecule has 0 aliphatic rings. The van der Waals surface area contributed by atoms with Gasteiger partial charge in [-0.25, -0.2) is 0 Å². The van der Waals surface area contributed by atoms with Crippen LogP contribution in [0.15, 0.2) is 66.9 Å². The summed E-state index contributed by atoms with van der Waals surface area (Å²) in [5.74, 6) is 0.450. The van der Waals surface area contributed by atoms with Crippen LogP contribution in [0.1, 0.15) is 21.6 Å². The van der Waals surface area contributed by atoms with Crippen molar-refractivity contribution in [2.24, 2.45) is 0 Å². The van der Waals surface area contributed by atoms with Gasteiger partial charge in [0.2, 0.25) is 0 Å². The fourth-order valence-electron chi connectivity index (χ4n) is 2.54. The quantitative estimate of drug-likeness (QED) is 0.702. The van der Waals surface area contributed by atoms with Gasteiger partial charge in [0.05, 0.1) is 18.7 Å². The summed E-state index contributed by atoms with van der Waals surface area (Å²) in [6.45, 7) is 0.345. The third kappa shape index (κ3) is 4.61. The van der Waals surface area contributed by atoms with Crippen LogP contribution in [0.2, 0.25) is 0 Å². The molecule has 0 aliphatic heterocycles. The Morgan fingerprint density at radius 3 is 2.63 bits per heavy atom. The van der Waals surface area contributed by atoms with Crippen molar-refractivity contribution in [3.63, 3.8) is 0 Å². The highest BCUT2D eigenvalue weighted by Gasteiger charge is 2.09. The van der Waals surface area contributed by atoms with Crippen molar-refractivity contribution < 1.29 is 9.53 Å². The van der Waals surface area contributed by atoms with E-state index in [1.54, 1.807) is 49.7 Å². The topological polar surface area (TPSA) is 87.0 Å². The minimum atomic E-state index is -0.274. The fraction of sp³-hybridized carbons (Fsp3) is 0.0952. The molecule has 0 bridgehead atoms. The molecule has 2 N–H and O–H groups in total. The molecule has 0 saturated carbocycles. The number of benzene rings is 2. The minimum Gasteiger partial charge on any atom is -0.496 e. The Morgan fingerprint density at radius 1 is 1.11 bits per heavy atom. The number of nitrogens with one attached hydrogen (secondary N) is 2. The molecule has 0 fully saturated rings. The van der Waals surface area contributed by atoms with Gasteiger partial charge in [-0.1, -0.05) is 18.2 Å². The van der Waals surface area contributed by atoms with Crippen LogP contribution in [0.25, 0.3) is 0 Å². The van der Waals surface area contributed by atoms with Gasteiger partial charge in [-0.05, 0) is 42.5 Å². The van der Waals surface area contributed by atoms with Crippen molar-refractivity contribution in [2.45, 2.75) is 6.54 Å². The van der Waals surface area contributed by atoms with Crippen molar-refractivity contribution in [2.75, 3.05) is 12.4 Å². The zero-order chi connectivity index (χ0) is 19.1. The summed E-state index contributed by atoms with van der Waals surface area (Å²) in [4.78, 5) is 16.6. The summed E-state index contributed by atoms with van der Waals surface area (Å²) in [7, 11) is 1.60. The van der Waals surface area contributed by atoms with Crippen molar-refractivity contribution >= 4 is 17.3 Å². The van der Waals surface area contributed by atoms with E-state index in [4.69, 9.17) is 10.00 Å². The van der Waals surface area contributed by atoms with E-state index >= 15 is 0 Å². The number of anilines is 2. The number of carbonyl (C=O) groups excluding carboxylic acids is 1. The number of methoxy groups -OCH3 is 1. The van der Waals surface area contributed by atoms with Crippen LogP contribution < -0.4 is 15.4 Å². The molecule has 1 amide bonds. The number of amides is 1. The molecule has 0 unspecified atom stereocenters. The highest BCUT2D eigenvalue weighted by molar-refractivity contribution is 5.93. The van der Waals surface area contributed by atoms with E-state index in [-0.39, 0.29) is 5.91 Å². The van der Waals surface area contributed by atoms with Crippen molar-refractivity contribution in [3.8, 4) is 11.8 Å². The first kappa shape index (κ1) is 18.0. The smallest absolute Gasteiger partial charge is 0.270 e. The van der Waals surface area contributed by atoms with E-state index in [9.17, 15) is 4.79 Å². The first-order valence-electron chi connectivity index (χ1n) is 8.33. The number of para-hydroxylation sites is 1. The Morgan fingerprint density at radius 2 is 1.89 bits per heavy atom. The van der Waals surface area contributed by atoms with Crippen molar-refractivity contribution in [1.82, 2.24) is 10.3 Å². The summed E-state index contributed by atoms with van der Waals surface area (Å²) < 4.78 is 5.29. The van der Waals surface area contributed by atoms with E-state index < -0.39 is 0 Å². The molecule has 0 radical (unpaired) electrons. The summed E-state index contributed by atoms with van der Waals surface area (Å²) in [5.41, 5.74) is 3.34. The molecule has 27 heavy (non-hydrogen) atoms. The molecule has 134 valence electrons. The largest absolute Gasteiger partial charge is 0.496 e. The lowest BCUT2D eigenvalue weighted by molar-refractivity contribution is 0.0945. The number of nitriles is 1. The molecule has 2 aromatic carbocycles. The normalized spacial score (nSPS) is 9.93. The monoisotopic (exact) mass is 358 g/mol. The van der Waals surface area contributed by atoms with Crippen LogP contribution in [0.4, 0.5) is 11.4 Å². The molecule has 1 aromatic heterocycles. The lowest BCUT2D eigenvalue weighted by Gasteiger charge is -2.10. The second-order valence-corrected chi connectivity index (χ2v) is 5.74. The Bertz CT molecular complexity index is 978. The van der Waals surface area contributed by atoms with E-state index in [0.717, 1.165) is 22.7 Å². The summed E-state index contributed by atoms with van der Waals surface area (Å²) >= 11 is 0. The number of nitrogens with zero attached hydrogens (tertiary/aromatic N) is 2. The molecule has 0 spiro atoms. The minimum absolute atomic E-state index is 0.274. The van der Waals surface area contributed by atoms with Gasteiger partial charge in [-0.15, -0.1) is 0 Å². The van der Waals surface area contributed by atoms with Gasteiger partial charge < -0.3 is 15.4 Å². The SMILES string of the molecule is COc1ccccc1CNC(=O)c1cc(Nc2ccc(C#N)cc2)ccn1. The van der Waals surface area contributed by atoms with E-state index in [1.165, 1.54) is 0 Å². The maximum Gasteiger partial charge on any atom is 0.270 e. The lowest BCUT2D eigenvalue weighted by atomic mass is 10.2. The first-order valence-corrected chi connectivity index (χ1v) is 8.33. The molecule has 6 nitrogen and oxygen atoms in total. The number of carbonyl (C=O) groups is 1. The Labute approximate surface area is 157 Å². The van der Waals surface area contributed by atoms with Crippen LogP contribution in [0.3, 0.4) is 0 Å². The molecule has 3 rings (SSSR count). The summed E-state index contributed by atoms with van der Waals surface area (Å²) in [5, 5.41) is 14.9. The summed E-state index contributed by atoms with van der Waals surface area (Å²) in [6.07, 6.45) is 1.57. The van der Waals surface area contributed by atoms with Gasteiger partial charge in [0.25, 0.3) is 5.91 Å². The predicted octanol–water partition coefficient (Wildman–Crippen LogP) is 3.64.